The fraction of sp³-hybridized carbons (Fsp3) is 0.208. The smallest absolute Gasteiger partial charge is 0.387 e. The number of nitrogens with zero attached hydrogens (tertiary/aromatic N) is 1. The van der Waals surface area contributed by atoms with Crippen LogP contribution in [-0.2, 0) is 11.2 Å². The van der Waals surface area contributed by atoms with E-state index in [1.807, 2.05) is 0 Å². The number of benzene rings is 3. The minimum atomic E-state index is -3.30. The van der Waals surface area contributed by atoms with Gasteiger partial charge in [0.15, 0.2) is 0 Å². The maximum absolute atomic E-state index is 14.9. The summed E-state index contributed by atoms with van der Waals surface area (Å²) in [6.45, 7) is 0.0724. The van der Waals surface area contributed by atoms with Gasteiger partial charge in [-0.3, -0.25) is 14.4 Å². The second kappa shape index (κ2) is 8.69. The van der Waals surface area contributed by atoms with Crippen LogP contribution in [0.15, 0.2) is 42.5 Å². The Morgan fingerprint density at radius 3 is 2.00 bits per heavy atom. The summed E-state index contributed by atoms with van der Waals surface area (Å²) >= 11 is 0. The van der Waals surface area contributed by atoms with Crippen LogP contribution < -0.4 is 14.4 Å². The van der Waals surface area contributed by atoms with Gasteiger partial charge in [-0.05, 0) is 31.5 Å². The van der Waals surface area contributed by atoms with Gasteiger partial charge in [0.25, 0.3) is 11.8 Å². The van der Waals surface area contributed by atoms with Gasteiger partial charge in [-0.15, -0.1) is 0 Å². The number of imide groups is 1. The van der Waals surface area contributed by atoms with Crippen molar-refractivity contribution in [2.24, 2.45) is 0 Å². The van der Waals surface area contributed by atoms with Crippen molar-refractivity contribution in [1.82, 2.24) is 0 Å². The first-order chi connectivity index (χ1) is 16.1. The zero-order valence-corrected chi connectivity index (χ0v) is 18.0. The van der Waals surface area contributed by atoms with Crippen molar-refractivity contribution in [3.05, 3.63) is 65.0 Å². The van der Waals surface area contributed by atoms with Crippen molar-refractivity contribution in [2.75, 3.05) is 4.90 Å². The van der Waals surface area contributed by atoms with Gasteiger partial charge in [0.1, 0.15) is 17.3 Å². The Morgan fingerprint density at radius 2 is 1.53 bits per heavy atom. The molecule has 10 heteroatoms. The predicted octanol–water partition coefficient (Wildman–Crippen LogP) is 4.80. The van der Waals surface area contributed by atoms with E-state index in [0.29, 0.717) is 4.90 Å². The number of rotatable bonds is 7. The molecule has 7 nitrogen and oxygen atoms in total. The SMILES string of the molecule is CC(C)Oc1c2c(c(OC(F)F)c3ccccc13)C(=O)N(c1ccc(CC(=O)O)cc1F)C2=O. The van der Waals surface area contributed by atoms with Crippen LogP contribution >= 0.6 is 0 Å². The number of anilines is 1. The summed E-state index contributed by atoms with van der Waals surface area (Å²) in [7, 11) is 0. The average molecular weight is 473 g/mol. The van der Waals surface area contributed by atoms with Gasteiger partial charge in [0.2, 0.25) is 0 Å². The summed E-state index contributed by atoms with van der Waals surface area (Å²) in [5.74, 6) is -4.79. The number of carbonyl (C=O) groups is 3. The van der Waals surface area contributed by atoms with E-state index in [-0.39, 0.29) is 27.6 Å². The second-order valence-electron chi connectivity index (χ2n) is 7.80. The Kier molecular flexibility index (Phi) is 5.90. The number of amides is 2. The minimum absolute atomic E-state index is 0.00836. The molecule has 3 aromatic rings. The quantitative estimate of drug-likeness (QED) is 0.496. The highest BCUT2D eigenvalue weighted by molar-refractivity contribution is 6.38. The molecule has 0 aliphatic carbocycles. The number of alkyl halides is 2. The molecule has 34 heavy (non-hydrogen) atoms. The molecule has 0 saturated heterocycles. The summed E-state index contributed by atoms with van der Waals surface area (Å²) < 4.78 is 52.0. The maximum Gasteiger partial charge on any atom is 0.387 e. The van der Waals surface area contributed by atoms with E-state index in [1.165, 1.54) is 18.2 Å². The first kappa shape index (κ1) is 23.1. The number of halogens is 3. The molecule has 1 heterocycles. The van der Waals surface area contributed by atoms with Crippen LogP contribution in [0.5, 0.6) is 11.5 Å². The van der Waals surface area contributed by atoms with Crippen molar-refractivity contribution < 1.29 is 42.1 Å². The van der Waals surface area contributed by atoms with E-state index in [2.05, 4.69) is 4.74 Å². The van der Waals surface area contributed by atoms with Gasteiger partial charge in [-0.25, -0.2) is 9.29 Å². The summed E-state index contributed by atoms with van der Waals surface area (Å²) in [6, 6.07) is 9.38. The fourth-order valence-electron chi connectivity index (χ4n) is 3.90. The van der Waals surface area contributed by atoms with E-state index in [9.17, 15) is 27.6 Å². The van der Waals surface area contributed by atoms with E-state index in [1.54, 1.807) is 26.0 Å². The molecule has 0 unspecified atom stereocenters. The van der Waals surface area contributed by atoms with Gasteiger partial charge >= 0.3 is 12.6 Å². The zero-order chi connectivity index (χ0) is 24.7. The Balaban J connectivity index is 1.96. The highest BCUT2D eigenvalue weighted by Gasteiger charge is 2.45. The Bertz CT molecular complexity index is 1270. The second-order valence-corrected chi connectivity index (χ2v) is 7.80. The van der Waals surface area contributed by atoms with Crippen LogP contribution in [0, 0.1) is 5.82 Å². The molecule has 0 atom stereocenters. The Labute approximate surface area is 191 Å². The normalized spacial score (nSPS) is 13.2. The summed E-state index contributed by atoms with van der Waals surface area (Å²) in [4.78, 5) is 38.2. The standard InChI is InChI=1S/C24H18F3NO6/c1-11(2)33-20-13-5-3-4-6-14(13)21(34-24(26)27)19-18(20)22(31)28(23(19)32)16-8-7-12(9-15(16)25)10-17(29)30/h3-9,11,24H,10H2,1-2H3,(H,29,30). The Hall–Kier alpha value is -4.08. The predicted molar refractivity (Wildman–Crippen MR) is 115 cm³/mol. The molecule has 0 aromatic heterocycles. The molecule has 0 bridgehead atoms. The number of aliphatic carboxylic acids is 1. The third kappa shape index (κ3) is 3.91. The molecule has 3 aromatic carbocycles. The lowest BCUT2D eigenvalue weighted by molar-refractivity contribution is -0.136. The number of carboxylic acids is 1. The topological polar surface area (TPSA) is 93.1 Å². The number of ether oxygens (including phenoxy) is 2. The van der Waals surface area contributed by atoms with Gasteiger partial charge < -0.3 is 14.6 Å². The number of carbonyl (C=O) groups excluding carboxylic acids is 2. The molecular formula is C24H18F3NO6. The summed E-state index contributed by atoms with van der Waals surface area (Å²) in [5, 5.41) is 9.30. The monoisotopic (exact) mass is 473 g/mol. The largest absolute Gasteiger partial charge is 0.489 e. The minimum Gasteiger partial charge on any atom is -0.489 e. The molecule has 4 rings (SSSR count). The van der Waals surface area contributed by atoms with Crippen molar-refractivity contribution in [3.8, 4) is 11.5 Å². The third-order valence-corrected chi connectivity index (χ3v) is 5.12. The first-order valence-electron chi connectivity index (χ1n) is 10.2. The van der Waals surface area contributed by atoms with Crippen LogP contribution in [0.3, 0.4) is 0 Å². The zero-order valence-electron chi connectivity index (χ0n) is 18.0. The molecule has 0 radical (unpaired) electrons. The van der Waals surface area contributed by atoms with E-state index >= 15 is 0 Å². The molecule has 2 amide bonds. The highest BCUT2D eigenvalue weighted by atomic mass is 19.3. The molecule has 1 aliphatic rings. The first-order valence-corrected chi connectivity index (χ1v) is 10.2. The van der Waals surface area contributed by atoms with Crippen LogP contribution in [0.4, 0.5) is 18.9 Å². The van der Waals surface area contributed by atoms with E-state index in [4.69, 9.17) is 9.84 Å². The number of hydrogen-bond donors (Lipinski definition) is 1. The molecule has 0 fully saturated rings. The Morgan fingerprint density at radius 1 is 0.971 bits per heavy atom. The molecule has 176 valence electrons. The average Bonchev–Trinajstić information content (AvgIpc) is 3.00. The fourth-order valence-corrected chi connectivity index (χ4v) is 3.90. The number of hydrogen-bond acceptors (Lipinski definition) is 5. The van der Waals surface area contributed by atoms with Crippen LogP contribution in [0.25, 0.3) is 10.8 Å². The molecular weight excluding hydrogens is 455 g/mol. The molecule has 0 saturated carbocycles. The lowest BCUT2D eigenvalue weighted by Crippen LogP contribution is -2.30. The lowest BCUT2D eigenvalue weighted by atomic mass is 9.99. The molecule has 0 spiro atoms. The highest BCUT2D eigenvalue weighted by Crippen LogP contribution is 2.47. The van der Waals surface area contributed by atoms with Crippen LogP contribution in [0.1, 0.15) is 40.1 Å². The molecule has 1 aliphatic heterocycles. The van der Waals surface area contributed by atoms with Crippen molar-refractivity contribution >= 4 is 34.2 Å². The van der Waals surface area contributed by atoms with Crippen molar-refractivity contribution in [1.29, 1.82) is 0 Å². The van der Waals surface area contributed by atoms with Crippen LogP contribution in [-0.4, -0.2) is 35.6 Å². The van der Waals surface area contributed by atoms with Gasteiger partial charge in [-0.1, -0.05) is 30.3 Å². The van der Waals surface area contributed by atoms with Crippen LogP contribution in [0.2, 0.25) is 0 Å². The van der Waals surface area contributed by atoms with E-state index in [0.717, 1.165) is 12.1 Å². The third-order valence-electron chi connectivity index (χ3n) is 5.12. The maximum atomic E-state index is 14.9. The van der Waals surface area contributed by atoms with Gasteiger partial charge in [-0.2, -0.15) is 8.78 Å². The van der Waals surface area contributed by atoms with Crippen molar-refractivity contribution in [2.45, 2.75) is 33.0 Å². The number of carboxylic acid groups (broad SMARTS) is 1. The summed E-state index contributed by atoms with van der Waals surface area (Å²) in [5.41, 5.74) is -1.12. The number of fused-ring (bicyclic) bond motifs is 2. The van der Waals surface area contributed by atoms with Crippen molar-refractivity contribution in [3.63, 3.8) is 0 Å². The lowest BCUT2D eigenvalue weighted by Gasteiger charge is -2.18. The van der Waals surface area contributed by atoms with E-state index < -0.39 is 59.7 Å². The summed E-state index contributed by atoms with van der Waals surface area (Å²) in [6.07, 6.45) is -0.915. The molecule has 1 N–H and O–H groups in total. The van der Waals surface area contributed by atoms with Gasteiger partial charge in [0, 0.05) is 10.8 Å². The van der Waals surface area contributed by atoms with Gasteiger partial charge in [0.05, 0.1) is 29.3 Å².